The van der Waals surface area contributed by atoms with Crippen LogP contribution in [-0.2, 0) is 11.3 Å². The minimum absolute atomic E-state index is 0.112. The van der Waals surface area contributed by atoms with Crippen LogP contribution in [0.25, 0.3) is 11.1 Å². The molecule has 0 saturated carbocycles. The Morgan fingerprint density at radius 3 is 2.30 bits per heavy atom. The summed E-state index contributed by atoms with van der Waals surface area (Å²) in [7, 11) is 0. The van der Waals surface area contributed by atoms with Gasteiger partial charge in [0.15, 0.2) is 0 Å². The number of piperidine rings is 1. The van der Waals surface area contributed by atoms with E-state index in [0.717, 1.165) is 21.2 Å². The minimum atomic E-state index is -1.01. The number of aliphatic hydroxyl groups is 1. The van der Waals surface area contributed by atoms with Crippen molar-refractivity contribution in [3.8, 4) is 11.1 Å². The highest BCUT2D eigenvalue weighted by Gasteiger charge is 2.35. The van der Waals surface area contributed by atoms with E-state index in [4.69, 9.17) is 0 Å². The fourth-order valence-electron chi connectivity index (χ4n) is 4.45. The molecule has 1 aliphatic rings. The second kappa shape index (κ2) is 10.1. The smallest absolute Gasteiger partial charge is 0.251 e. The molecule has 0 bridgehead atoms. The van der Waals surface area contributed by atoms with Crippen LogP contribution >= 0.6 is 15.9 Å². The van der Waals surface area contributed by atoms with Crippen LogP contribution in [0, 0.1) is 0 Å². The SMILES string of the molecule is C[C@H](CC(=O)N1CCC(O)(Cn2cc(Br)c(-c3ccccc3)cc2=O)CC1)c1ccccc1. The zero-order valence-electron chi connectivity index (χ0n) is 18.8. The van der Waals surface area contributed by atoms with E-state index in [9.17, 15) is 14.7 Å². The number of aromatic nitrogens is 1. The van der Waals surface area contributed by atoms with Crippen molar-refractivity contribution in [2.24, 2.45) is 0 Å². The molecule has 33 heavy (non-hydrogen) atoms. The predicted octanol–water partition coefficient (Wildman–Crippen LogP) is 4.83. The van der Waals surface area contributed by atoms with Crippen LogP contribution in [0.4, 0.5) is 0 Å². The lowest BCUT2D eigenvalue weighted by Gasteiger charge is -2.39. The van der Waals surface area contributed by atoms with Crippen LogP contribution in [0.3, 0.4) is 0 Å². The Balaban J connectivity index is 1.38. The molecule has 1 atom stereocenters. The van der Waals surface area contributed by atoms with Crippen molar-refractivity contribution in [3.05, 3.63) is 93.3 Å². The molecule has 3 aromatic rings. The summed E-state index contributed by atoms with van der Waals surface area (Å²) in [5.74, 6) is 0.263. The van der Waals surface area contributed by atoms with Crippen molar-refractivity contribution in [1.29, 1.82) is 0 Å². The Bertz CT molecular complexity index is 1150. The standard InChI is InChI=1S/C27H29BrN2O3/c1-20(21-8-4-2-5-9-21)16-25(31)29-14-12-27(33,13-15-29)19-30-18-24(28)23(17-26(30)32)22-10-6-3-7-11-22/h2-11,17-18,20,33H,12-16,19H2,1H3/t20-/m1/s1. The van der Waals surface area contributed by atoms with Crippen LogP contribution in [-0.4, -0.2) is 39.2 Å². The van der Waals surface area contributed by atoms with Gasteiger partial charge >= 0.3 is 0 Å². The third kappa shape index (κ3) is 5.63. The monoisotopic (exact) mass is 508 g/mol. The number of halogens is 1. The van der Waals surface area contributed by atoms with E-state index >= 15 is 0 Å². The number of carbonyl (C=O) groups is 1. The molecule has 2 aromatic carbocycles. The molecule has 5 nitrogen and oxygen atoms in total. The Hall–Kier alpha value is -2.70. The van der Waals surface area contributed by atoms with E-state index in [1.54, 1.807) is 16.8 Å². The molecule has 1 aromatic heterocycles. The summed E-state index contributed by atoms with van der Waals surface area (Å²) < 4.78 is 2.37. The van der Waals surface area contributed by atoms with Gasteiger partial charge in [-0.25, -0.2) is 0 Å². The highest BCUT2D eigenvalue weighted by Crippen LogP contribution is 2.29. The van der Waals surface area contributed by atoms with Crippen LogP contribution < -0.4 is 5.56 Å². The van der Waals surface area contributed by atoms with E-state index < -0.39 is 5.60 Å². The van der Waals surface area contributed by atoms with E-state index in [0.29, 0.717) is 32.4 Å². The first-order valence-electron chi connectivity index (χ1n) is 11.4. The Labute approximate surface area is 202 Å². The number of amides is 1. The Morgan fingerprint density at radius 2 is 1.67 bits per heavy atom. The van der Waals surface area contributed by atoms with Crippen molar-refractivity contribution in [2.75, 3.05) is 13.1 Å². The zero-order chi connectivity index (χ0) is 23.4. The molecule has 0 unspecified atom stereocenters. The number of rotatable bonds is 6. The molecule has 6 heteroatoms. The van der Waals surface area contributed by atoms with Crippen LogP contribution in [0.5, 0.6) is 0 Å². The maximum absolute atomic E-state index is 12.8. The van der Waals surface area contributed by atoms with Crippen LogP contribution in [0.2, 0.25) is 0 Å². The summed E-state index contributed by atoms with van der Waals surface area (Å²) >= 11 is 3.58. The van der Waals surface area contributed by atoms with Gasteiger partial charge in [0, 0.05) is 41.8 Å². The van der Waals surface area contributed by atoms with Gasteiger partial charge in [0.1, 0.15) is 0 Å². The first kappa shape index (κ1) is 23.5. The summed E-state index contributed by atoms with van der Waals surface area (Å²) in [6.45, 7) is 3.27. The Morgan fingerprint density at radius 1 is 1.06 bits per heavy atom. The third-order valence-corrected chi connectivity index (χ3v) is 7.16. The van der Waals surface area contributed by atoms with Gasteiger partial charge in [-0.05, 0) is 45.8 Å². The number of benzene rings is 2. The summed E-state index contributed by atoms with van der Waals surface area (Å²) in [6.07, 6.45) is 3.10. The van der Waals surface area contributed by atoms with Crippen LogP contribution in [0.15, 0.2) is 82.2 Å². The molecule has 2 heterocycles. The summed E-state index contributed by atoms with van der Waals surface area (Å²) in [4.78, 5) is 27.4. The van der Waals surface area contributed by atoms with Crippen molar-refractivity contribution in [3.63, 3.8) is 0 Å². The lowest BCUT2D eigenvalue weighted by molar-refractivity contribution is -0.136. The number of likely N-dealkylation sites (tertiary alicyclic amines) is 1. The normalized spacial score (nSPS) is 16.4. The predicted molar refractivity (Wildman–Crippen MR) is 134 cm³/mol. The average Bonchev–Trinajstić information content (AvgIpc) is 2.82. The summed E-state index contributed by atoms with van der Waals surface area (Å²) in [5.41, 5.74) is 1.78. The van der Waals surface area contributed by atoms with E-state index in [1.165, 1.54) is 0 Å². The molecule has 0 spiro atoms. The summed E-state index contributed by atoms with van der Waals surface area (Å²) in [6, 6.07) is 21.4. The third-order valence-electron chi connectivity index (χ3n) is 6.52. The van der Waals surface area contributed by atoms with Gasteiger partial charge in [0.25, 0.3) is 5.56 Å². The Kier molecular flexibility index (Phi) is 7.15. The van der Waals surface area contributed by atoms with Crippen molar-refractivity contribution in [2.45, 2.75) is 44.2 Å². The molecular weight excluding hydrogens is 480 g/mol. The number of pyridine rings is 1. The number of hydrogen-bond donors (Lipinski definition) is 1. The summed E-state index contributed by atoms with van der Waals surface area (Å²) in [5, 5.41) is 11.2. The molecular formula is C27H29BrN2O3. The molecule has 1 fully saturated rings. The number of hydrogen-bond acceptors (Lipinski definition) is 3. The average molecular weight is 509 g/mol. The molecule has 0 radical (unpaired) electrons. The van der Waals surface area contributed by atoms with E-state index in [1.807, 2.05) is 65.6 Å². The molecule has 1 aliphatic heterocycles. The van der Waals surface area contributed by atoms with Gasteiger partial charge < -0.3 is 14.6 Å². The quantitative estimate of drug-likeness (QED) is 0.518. The number of nitrogens with zero attached hydrogens (tertiary/aromatic N) is 2. The fraction of sp³-hybridized carbons (Fsp3) is 0.333. The maximum atomic E-state index is 12.8. The lowest BCUT2D eigenvalue weighted by atomic mass is 9.90. The van der Waals surface area contributed by atoms with Gasteiger partial charge in [-0.2, -0.15) is 0 Å². The molecule has 1 amide bonds. The van der Waals surface area contributed by atoms with Crippen molar-refractivity contribution < 1.29 is 9.90 Å². The molecule has 4 rings (SSSR count). The molecule has 1 N–H and O–H groups in total. The lowest BCUT2D eigenvalue weighted by Crippen LogP contribution is -2.49. The molecule has 0 aliphatic carbocycles. The minimum Gasteiger partial charge on any atom is -0.388 e. The molecule has 1 saturated heterocycles. The topological polar surface area (TPSA) is 62.5 Å². The van der Waals surface area contributed by atoms with Gasteiger partial charge in [0.2, 0.25) is 5.91 Å². The maximum Gasteiger partial charge on any atom is 0.251 e. The second-order valence-corrected chi connectivity index (χ2v) is 9.84. The van der Waals surface area contributed by atoms with Gasteiger partial charge in [0.05, 0.1) is 12.1 Å². The van der Waals surface area contributed by atoms with Crippen molar-refractivity contribution in [1.82, 2.24) is 9.47 Å². The highest BCUT2D eigenvalue weighted by atomic mass is 79.9. The largest absolute Gasteiger partial charge is 0.388 e. The highest BCUT2D eigenvalue weighted by molar-refractivity contribution is 9.10. The first-order valence-corrected chi connectivity index (χ1v) is 12.1. The van der Waals surface area contributed by atoms with E-state index in [-0.39, 0.29) is 23.9 Å². The van der Waals surface area contributed by atoms with E-state index in [2.05, 4.69) is 22.9 Å². The number of carbonyl (C=O) groups excluding carboxylic acids is 1. The van der Waals surface area contributed by atoms with Crippen LogP contribution in [0.1, 0.15) is 37.7 Å². The first-order chi connectivity index (χ1) is 15.8. The van der Waals surface area contributed by atoms with Gasteiger partial charge in [-0.15, -0.1) is 0 Å². The van der Waals surface area contributed by atoms with Crippen molar-refractivity contribution >= 4 is 21.8 Å². The fourth-order valence-corrected chi connectivity index (χ4v) is 5.04. The van der Waals surface area contributed by atoms with Gasteiger partial charge in [-0.1, -0.05) is 67.6 Å². The molecule has 172 valence electrons. The van der Waals surface area contributed by atoms with Gasteiger partial charge in [-0.3, -0.25) is 9.59 Å². The zero-order valence-corrected chi connectivity index (χ0v) is 20.4. The second-order valence-electron chi connectivity index (χ2n) is 8.99.